The van der Waals surface area contributed by atoms with Gasteiger partial charge in [0.25, 0.3) is 5.91 Å². The van der Waals surface area contributed by atoms with E-state index in [1.165, 1.54) is 9.80 Å². The van der Waals surface area contributed by atoms with Crippen LogP contribution in [0.1, 0.15) is 89.7 Å². The molecule has 1 saturated heterocycles. The first-order valence-electron chi connectivity index (χ1n) is 20.1. The highest BCUT2D eigenvalue weighted by molar-refractivity contribution is 7.91. The number of benzene rings is 1. The number of hydrogen-bond acceptors (Lipinski definition) is 11. The van der Waals surface area contributed by atoms with Crippen LogP contribution in [-0.4, -0.2) is 106 Å². The molecular formula is C40H53N7O10S. The third-order valence-electron chi connectivity index (χ3n) is 11.1. The van der Waals surface area contributed by atoms with E-state index in [1.807, 2.05) is 42.6 Å². The van der Waals surface area contributed by atoms with E-state index in [-0.39, 0.29) is 32.4 Å². The molecule has 4 heterocycles. The highest BCUT2D eigenvalue weighted by Crippen LogP contribution is 2.46. The number of ether oxygens (including phenoxy) is 3. The molecule has 0 radical (unpaired) electrons. The number of nitrogens with one attached hydrogen (secondary N) is 3. The Hall–Kier alpha value is -5.13. The molecule has 2 saturated carbocycles. The Bertz CT molecular complexity index is 2030. The molecule has 18 heteroatoms. The van der Waals surface area contributed by atoms with Gasteiger partial charge < -0.3 is 29.7 Å². The quantitative estimate of drug-likeness (QED) is 0.313. The fourth-order valence-electron chi connectivity index (χ4n) is 7.79. The summed E-state index contributed by atoms with van der Waals surface area (Å²) in [6.07, 6.45) is 9.01. The second-order valence-corrected chi connectivity index (χ2v) is 18.8. The van der Waals surface area contributed by atoms with Gasteiger partial charge >= 0.3 is 12.2 Å². The van der Waals surface area contributed by atoms with Crippen LogP contribution in [0.5, 0.6) is 5.75 Å². The zero-order chi connectivity index (χ0) is 41.2. The van der Waals surface area contributed by atoms with Gasteiger partial charge in [0, 0.05) is 37.8 Å². The van der Waals surface area contributed by atoms with E-state index in [0.29, 0.717) is 51.1 Å². The zero-order valence-electron chi connectivity index (χ0n) is 33.2. The molecule has 58 heavy (non-hydrogen) atoms. The number of hydrogen-bond donors (Lipinski definition) is 3. The average Bonchev–Trinajstić information content (AvgIpc) is 3.94. The molecule has 7 rings (SSSR count). The number of carbonyl (C=O) groups is 5. The van der Waals surface area contributed by atoms with Crippen LogP contribution in [-0.2, 0) is 53.5 Å². The molecule has 3 aliphatic heterocycles. The first kappa shape index (κ1) is 41.0. The lowest BCUT2D eigenvalue weighted by atomic mass is 10.0. The number of alkyl carbamates (subject to hydrolysis) is 1. The van der Waals surface area contributed by atoms with Gasteiger partial charge in [0.1, 0.15) is 41.7 Å². The number of allylic oxidation sites excluding steroid dienone is 1. The van der Waals surface area contributed by atoms with Crippen molar-refractivity contribution in [2.45, 2.75) is 133 Å². The molecule has 5 aliphatic rings. The highest BCUT2D eigenvalue weighted by atomic mass is 32.2. The van der Waals surface area contributed by atoms with E-state index in [1.54, 1.807) is 31.6 Å². The predicted octanol–water partition coefficient (Wildman–Crippen LogP) is 3.28. The van der Waals surface area contributed by atoms with Gasteiger partial charge in [0.05, 0.1) is 18.3 Å². The van der Waals surface area contributed by atoms with Crippen molar-refractivity contribution in [3.63, 3.8) is 0 Å². The summed E-state index contributed by atoms with van der Waals surface area (Å²) < 4.78 is 47.0. The summed E-state index contributed by atoms with van der Waals surface area (Å²) in [6, 6.07) is 5.22. The van der Waals surface area contributed by atoms with Gasteiger partial charge in [0.15, 0.2) is 0 Å². The summed E-state index contributed by atoms with van der Waals surface area (Å²) in [6.45, 7) is 6.52. The third-order valence-corrected chi connectivity index (χ3v) is 12.9. The van der Waals surface area contributed by atoms with Crippen molar-refractivity contribution < 1.29 is 46.6 Å². The molecular weight excluding hydrogens is 771 g/mol. The lowest BCUT2D eigenvalue weighted by molar-refractivity contribution is -0.141. The van der Waals surface area contributed by atoms with Crippen LogP contribution in [0.3, 0.4) is 0 Å². The van der Waals surface area contributed by atoms with Crippen LogP contribution >= 0.6 is 0 Å². The highest BCUT2D eigenvalue weighted by Gasteiger charge is 2.62. The number of carbonyl (C=O) groups excluding carboxylic acids is 5. The molecule has 5 amide bonds. The Kier molecular flexibility index (Phi) is 11.8. The maximum Gasteiger partial charge on any atom is 0.410 e. The lowest BCUT2D eigenvalue weighted by Crippen LogP contribution is -2.58. The van der Waals surface area contributed by atoms with Crippen molar-refractivity contribution in [2.24, 2.45) is 5.92 Å². The van der Waals surface area contributed by atoms with E-state index in [0.717, 1.165) is 24.0 Å². The van der Waals surface area contributed by atoms with Crippen LogP contribution < -0.4 is 20.1 Å². The minimum absolute atomic E-state index is 0.0872. The largest absolute Gasteiger partial charge is 0.492 e. The Morgan fingerprint density at radius 1 is 1.05 bits per heavy atom. The Morgan fingerprint density at radius 2 is 1.84 bits per heavy atom. The standard InChI is InChI=1S/C40H53N7O10S/c1-39(2,3)57-37(51)42-32-11-8-6-4-5-7-10-28-22-40(28,36(50)44-58(53,54)31-14-15-31)43-34(48)33-21-30(25-47(33)35(32)49)56-38(52)45-23-26-12-13-29(20-27(26)24-45)55-19-18-46-17-9-16-41-46/h7,9-10,12-13,16-17,20,28,30-33H,4-6,8,11,14-15,18-19,21-25H2,1-3H3,(H,42,51)(H,43,48)(H,44,50)/b10-7-/t28-,30+,32-,33?,40+/m0/s1. The van der Waals surface area contributed by atoms with Gasteiger partial charge in [-0.25, -0.2) is 18.0 Å². The van der Waals surface area contributed by atoms with Gasteiger partial charge in [0.2, 0.25) is 21.8 Å². The molecule has 1 unspecified atom stereocenters. The summed E-state index contributed by atoms with van der Waals surface area (Å²) in [7, 11) is -3.92. The second kappa shape index (κ2) is 16.6. The predicted molar refractivity (Wildman–Crippen MR) is 208 cm³/mol. The van der Waals surface area contributed by atoms with Crippen molar-refractivity contribution in [2.75, 3.05) is 13.2 Å². The van der Waals surface area contributed by atoms with Gasteiger partial charge in [-0.2, -0.15) is 5.10 Å². The zero-order valence-corrected chi connectivity index (χ0v) is 34.0. The fourth-order valence-corrected chi connectivity index (χ4v) is 9.16. The smallest absolute Gasteiger partial charge is 0.410 e. The molecule has 3 fully saturated rings. The first-order chi connectivity index (χ1) is 27.6. The van der Waals surface area contributed by atoms with Crippen LogP contribution in [0.2, 0.25) is 0 Å². The van der Waals surface area contributed by atoms with Crippen LogP contribution in [0.4, 0.5) is 9.59 Å². The summed E-state index contributed by atoms with van der Waals surface area (Å²) in [5, 5.41) is 9.06. The van der Waals surface area contributed by atoms with Crippen molar-refractivity contribution in [1.82, 2.24) is 34.9 Å². The third kappa shape index (κ3) is 9.76. The number of sulfonamides is 1. The van der Waals surface area contributed by atoms with E-state index in [2.05, 4.69) is 20.5 Å². The molecule has 0 bridgehead atoms. The van der Waals surface area contributed by atoms with Crippen molar-refractivity contribution in [3.8, 4) is 5.75 Å². The van der Waals surface area contributed by atoms with Gasteiger partial charge in [-0.15, -0.1) is 0 Å². The summed E-state index contributed by atoms with van der Waals surface area (Å²) in [5.41, 5.74) is -0.543. The number of aromatic nitrogens is 2. The van der Waals surface area contributed by atoms with Crippen LogP contribution in [0.15, 0.2) is 48.8 Å². The maximum absolute atomic E-state index is 14.4. The monoisotopic (exact) mass is 823 g/mol. The van der Waals surface area contributed by atoms with Crippen LogP contribution in [0, 0.1) is 5.92 Å². The molecule has 5 atom stereocenters. The van der Waals surface area contributed by atoms with E-state index in [9.17, 15) is 32.4 Å². The molecule has 2 aliphatic carbocycles. The minimum atomic E-state index is -3.92. The molecule has 2 aromatic rings. The molecule has 1 aromatic carbocycles. The number of rotatable bonds is 9. The average molecular weight is 824 g/mol. The minimum Gasteiger partial charge on any atom is -0.492 e. The van der Waals surface area contributed by atoms with Gasteiger partial charge in [-0.05, 0) is 88.6 Å². The molecule has 314 valence electrons. The van der Waals surface area contributed by atoms with E-state index in [4.69, 9.17) is 14.2 Å². The first-order valence-corrected chi connectivity index (χ1v) is 21.7. The number of nitrogens with zero attached hydrogens (tertiary/aromatic N) is 4. The van der Waals surface area contributed by atoms with E-state index < -0.39 is 80.4 Å². The summed E-state index contributed by atoms with van der Waals surface area (Å²) in [5.74, 6) is -1.88. The number of amides is 5. The van der Waals surface area contributed by atoms with Crippen molar-refractivity contribution in [1.29, 1.82) is 0 Å². The normalized spacial score (nSPS) is 26.8. The summed E-state index contributed by atoms with van der Waals surface area (Å²) in [4.78, 5) is 71.9. The fraction of sp³-hybridized carbons (Fsp3) is 0.600. The Morgan fingerprint density at radius 3 is 2.59 bits per heavy atom. The van der Waals surface area contributed by atoms with Crippen LogP contribution in [0.25, 0.3) is 0 Å². The Labute approximate surface area is 338 Å². The van der Waals surface area contributed by atoms with E-state index >= 15 is 0 Å². The molecule has 1 aromatic heterocycles. The van der Waals surface area contributed by atoms with Crippen molar-refractivity contribution >= 4 is 39.9 Å². The SMILES string of the molecule is CC(C)(C)OC(=O)N[C@H]1CCCCC/C=C\[C@H]2C[C@@]2(C(=O)NS(=O)(=O)C2CC2)NC(=O)C2C[C@@H](OC(=O)N3Cc4ccc(OCCn5cccn5)cc4C3)CN2C1=O. The lowest BCUT2D eigenvalue weighted by Gasteiger charge is -2.30. The molecule has 17 nitrogen and oxygen atoms in total. The Balaban J connectivity index is 1.07. The van der Waals surface area contributed by atoms with Crippen molar-refractivity contribution in [3.05, 3.63) is 59.9 Å². The second-order valence-electron chi connectivity index (χ2n) is 16.9. The number of fused-ring (bicyclic) bond motifs is 3. The summed E-state index contributed by atoms with van der Waals surface area (Å²) >= 11 is 0. The van der Waals surface area contributed by atoms with Gasteiger partial charge in [-0.3, -0.25) is 28.7 Å². The maximum atomic E-state index is 14.4. The topological polar surface area (TPSA) is 208 Å². The van der Waals surface area contributed by atoms with Gasteiger partial charge in [-0.1, -0.05) is 31.1 Å². The molecule has 3 N–H and O–H groups in total. The molecule has 0 spiro atoms.